The van der Waals surface area contributed by atoms with Crippen LogP contribution >= 0.6 is 0 Å². The zero-order valence-corrected chi connectivity index (χ0v) is 38.5. The van der Waals surface area contributed by atoms with Gasteiger partial charge in [0.25, 0.3) is 0 Å². The first-order valence-corrected chi connectivity index (χ1v) is 23.7. The smallest absolute Gasteiger partial charge is 0.141 e. The van der Waals surface area contributed by atoms with Crippen molar-refractivity contribution in [3.05, 3.63) is 323 Å². The Bertz CT molecular complexity index is 3140. The summed E-state index contributed by atoms with van der Waals surface area (Å²) < 4.78 is 0. The lowest BCUT2D eigenvalue weighted by Crippen LogP contribution is -2.44. The summed E-state index contributed by atoms with van der Waals surface area (Å²) >= 11 is 0. The first kappa shape index (κ1) is 43.8. The standard InChI is InChI=1S/C66H50N2O2/c69-65(53-27-19-25-51(45-53)39-37-49-21-7-1-8-22-49)61-43-41-60(68(57-33-15-5-16-34-57)58-35-17-6-18-36-58)48-64(61)66(70,54-28-20-26-52(46-54)40-38-50-23-9-2-10-24-50)62-44-42-59(47-63(62)65)67(55-29-11-3-12-30-55)56-31-13-4-14-32-56/h1-48,69-70H/b39-37+,40-38+. The Labute approximate surface area is 410 Å². The third-order valence-electron chi connectivity index (χ3n) is 13.3. The maximum atomic E-state index is 14.3. The van der Waals surface area contributed by atoms with E-state index in [0.717, 1.165) is 56.4 Å². The Morgan fingerprint density at radius 2 is 0.529 bits per heavy atom. The van der Waals surface area contributed by atoms with Crippen molar-refractivity contribution in [2.45, 2.75) is 11.2 Å². The number of aliphatic hydroxyl groups is 2. The van der Waals surface area contributed by atoms with E-state index in [2.05, 4.69) is 155 Å². The fraction of sp³-hybridized carbons (Fsp3) is 0.0303. The molecule has 0 aromatic heterocycles. The number of hydrogen-bond acceptors (Lipinski definition) is 4. The highest BCUT2D eigenvalue weighted by molar-refractivity contribution is 5.82. The van der Waals surface area contributed by atoms with Gasteiger partial charge in [0, 0.05) is 45.3 Å². The molecule has 0 spiro atoms. The van der Waals surface area contributed by atoms with E-state index in [1.165, 1.54) is 0 Å². The van der Waals surface area contributed by atoms with Crippen LogP contribution in [0.2, 0.25) is 0 Å². The Balaban J connectivity index is 1.19. The molecule has 10 aromatic carbocycles. The fourth-order valence-corrected chi connectivity index (χ4v) is 9.94. The number of para-hydroxylation sites is 4. The lowest BCUT2D eigenvalue weighted by Gasteiger charge is -2.46. The van der Waals surface area contributed by atoms with Crippen molar-refractivity contribution in [1.82, 2.24) is 0 Å². The zero-order valence-electron chi connectivity index (χ0n) is 38.5. The minimum absolute atomic E-state index is 0.571. The molecule has 0 amide bonds. The number of fused-ring (bicyclic) bond motifs is 2. The number of benzene rings is 10. The van der Waals surface area contributed by atoms with E-state index < -0.39 is 11.2 Å². The largest absolute Gasteiger partial charge is 0.376 e. The van der Waals surface area contributed by atoms with E-state index in [1.54, 1.807) is 0 Å². The predicted molar refractivity (Wildman–Crippen MR) is 290 cm³/mol. The fourth-order valence-electron chi connectivity index (χ4n) is 9.94. The van der Waals surface area contributed by atoms with Crippen LogP contribution in [0.4, 0.5) is 34.1 Å². The van der Waals surface area contributed by atoms with Gasteiger partial charge in [-0.25, -0.2) is 0 Å². The van der Waals surface area contributed by atoms with Crippen LogP contribution in [-0.4, -0.2) is 10.2 Å². The molecule has 0 radical (unpaired) electrons. The van der Waals surface area contributed by atoms with Crippen LogP contribution in [-0.2, 0) is 11.2 Å². The van der Waals surface area contributed by atoms with Crippen LogP contribution in [0.25, 0.3) is 24.3 Å². The second-order valence-electron chi connectivity index (χ2n) is 17.6. The van der Waals surface area contributed by atoms with Crippen molar-refractivity contribution in [2.75, 3.05) is 9.80 Å². The van der Waals surface area contributed by atoms with Gasteiger partial charge in [0.05, 0.1) is 0 Å². The molecule has 0 aliphatic heterocycles. The average molecular weight is 903 g/mol. The summed E-state index contributed by atoms with van der Waals surface area (Å²) in [6, 6.07) is 90.1. The van der Waals surface area contributed by atoms with E-state index in [4.69, 9.17) is 0 Å². The average Bonchev–Trinajstić information content (AvgIpc) is 3.43. The third-order valence-corrected chi connectivity index (χ3v) is 13.3. The van der Waals surface area contributed by atoms with Crippen molar-refractivity contribution in [2.24, 2.45) is 0 Å². The van der Waals surface area contributed by atoms with Crippen LogP contribution < -0.4 is 9.80 Å². The van der Waals surface area contributed by atoms with Crippen molar-refractivity contribution in [3.8, 4) is 0 Å². The Kier molecular flexibility index (Phi) is 11.9. The van der Waals surface area contributed by atoms with E-state index in [9.17, 15) is 10.2 Å². The zero-order chi connectivity index (χ0) is 47.3. The van der Waals surface area contributed by atoms with E-state index in [0.29, 0.717) is 33.4 Å². The highest BCUT2D eigenvalue weighted by Gasteiger charge is 2.51. The van der Waals surface area contributed by atoms with Gasteiger partial charge in [-0.1, -0.05) is 206 Å². The first-order valence-electron chi connectivity index (χ1n) is 23.7. The molecule has 336 valence electrons. The Morgan fingerprint density at radius 1 is 0.243 bits per heavy atom. The molecule has 0 saturated heterocycles. The monoisotopic (exact) mass is 902 g/mol. The SMILES string of the molecule is OC1(c2cccc(/C=C/c3ccccc3)c2)c2ccc(N(c3ccccc3)c3ccccc3)cc2C(O)(c2cccc(/C=C/c3ccccc3)c2)c2ccc(N(c3ccccc3)c3ccccc3)cc21. The second-order valence-corrected chi connectivity index (χ2v) is 17.6. The molecule has 10 aromatic rings. The molecular weight excluding hydrogens is 853 g/mol. The summed E-state index contributed by atoms with van der Waals surface area (Å²) in [7, 11) is 0. The van der Waals surface area contributed by atoms with Gasteiger partial charge in [0.1, 0.15) is 11.2 Å². The van der Waals surface area contributed by atoms with Crippen molar-refractivity contribution < 1.29 is 10.2 Å². The van der Waals surface area contributed by atoms with Gasteiger partial charge in [-0.05, 0) is 129 Å². The van der Waals surface area contributed by atoms with Crippen LogP contribution in [0.5, 0.6) is 0 Å². The van der Waals surface area contributed by atoms with E-state index >= 15 is 0 Å². The summed E-state index contributed by atoms with van der Waals surface area (Å²) in [4.78, 5) is 4.40. The summed E-state index contributed by atoms with van der Waals surface area (Å²) in [5.74, 6) is 0. The van der Waals surface area contributed by atoms with E-state index in [-0.39, 0.29) is 0 Å². The minimum Gasteiger partial charge on any atom is -0.376 e. The summed E-state index contributed by atoms with van der Waals surface area (Å²) in [6.45, 7) is 0. The van der Waals surface area contributed by atoms with Gasteiger partial charge in [0.15, 0.2) is 0 Å². The van der Waals surface area contributed by atoms with Gasteiger partial charge in [0.2, 0.25) is 0 Å². The molecule has 4 nitrogen and oxygen atoms in total. The highest BCUT2D eigenvalue weighted by Crippen LogP contribution is 2.56. The van der Waals surface area contributed by atoms with Gasteiger partial charge >= 0.3 is 0 Å². The van der Waals surface area contributed by atoms with Crippen LogP contribution in [0.1, 0.15) is 55.6 Å². The molecule has 0 heterocycles. The normalized spacial score (nSPS) is 16.1. The second kappa shape index (κ2) is 19.1. The molecule has 2 unspecified atom stereocenters. The molecule has 4 heteroatoms. The lowest BCUT2D eigenvalue weighted by molar-refractivity contribution is 0.0749. The summed E-state index contributed by atoms with van der Waals surface area (Å²) in [6.07, 6.45) is 8.35. The number of anilines is 6. The summed E-state index contributed by atoms with van der Waals surface area (Å²) in [5, 5.41) is 28.7. The molecule has 0 saturated carbocycles. The maximum Gasteiger partial charge on any atom is 0.141 e. The highest BCUT2D eigenvalue weighted by atomic mass is 16.3. The predicted octanol–water partition coefficient (Wildman–Crippen LogP) is 15.8. The minimum atomic E-state index is -1.75. The first-order chi connectivity index (χ1) is 34.5. The number of rotatable bonds is 12. The lowest BCUT2D eigenvalue weighted by atomic mass is 9.63. The summed E-state index contributed by atoms with van der Waals surface area (Å²) in [5.41, 5.74) is 9.63. The molecule has 1 aliphatic carbocycles. The van der Waals surface area contributed by atoms with Crippen LogP contribution in [0.3, 0.4) is 0 Å². The van der Waals surface area contributed by atoms with Gasteiger partial charge in [-0.3, -0.25) is 0 Å². The molecule has 11 rings (SSSR count). The topological polar surface area (TPSA) is 46.9 Å². The Morgan fingerprint density at radius 3 is 0.857 bits per heavy atom. The van der Waals surface area contributed by atoms with Crippen LogP contribution in [0.15, 0.2) is 267 Å². The van der Waals surface area contributed by atoms with Crippen molar-refractivity contribution in [3.63, 3.8) is 0 Å². The number of hydrogen-bond donors (Lipinski definition) is 2. The van der Waals surface area contributed by atoms with Crippen LogP contribution in [0, 0.1) is 0 Å². The molecule has 70 heavy (non-hydrogen) atoms. The Hall–Kier alpha value is -8.80. The molecule has 0 fully saturated rings. The third kappa shape index (κ3) is 8.33. The van der Waals surface area contributed by atoms with Gasteiger partial charge < -0.3 is 20.0 Å². The van der Waals surface area contributed by atoms with Gasteiger partial charge in [-0.2, -0.15) is 0 Å². The number of nitrogens with zero attached hydrogens (tertiary/aromatic N) is 2. The molecule has 2 atom stereocenters. The molecule has 0 bridgehead atoms. The molecule has 2 N–H and O–H groups in total. The van der Waals surface area contributed by atoms with Crippen molar-refractivity contribution >= 4 is 58.4 Å². The van der Waals surface area contributed by atoms with Crippen molar-refractivity contribution in [1.29, 1.82) is 0 Å². The van der Waals surface area contributed by atoms with E-state index in [1.807, 2.05) is 146 Å². The maximum absolute atomic E-state index is 14.3. The molecular formula is C66H50N2O2. The molecule has 1 aliphatic rings. The van der Waals surface area contributed by atoms with Gasteiger partial charge in [-0.15, -0.1) is 0 Å². The quantitative estimate of drug-likeness (QED) is 0.120.